The van der Waals surface area contributed by atoms with Crippen molar-refractivity contribution >= 4 is 35.2 Å². The van der Waals surface area contributed by atoms with Crippen LogP contribution >= 0.6 is 8.38 Å². The third kappa shape index (κ3) is 3.68. The van der Waals surface area contributed by atoms with Crippen molar-refractivity contribution in [2.75, 3.05) is 0 Å². The molecule has 0 saturated heterocycles. The minimum atomic E-state index is -1.35. The van der Waals surface area contributed by atoms with Gasteiger partial charge in [-0.25, -0.2) is 0 Å². The van der Waals surface area contributed by atoms with E-state index >= 15 is 0 Å². The van der Waals surface area contributed by atoms with Crippen molar-refractivity contribution in [2.24, 2.45) is 0 Å². The highest BCUT2D eigenvalue weighted by Gasteiger charge is 2.20. The molecule has 2 nitrogen and oxygen atoms in total. The van der Waals surface area contributed by atoms with Gasteiger partial charge in [-0.1, -0.05) is 91.0 Å². The van der Waals surface area contributed by atoms with Crippen molar-refractivity contribution in [1.82, 2.24) is 0 Å². The largest absolute Gasteiger partial charge is 0.435 e. The summed E-state index contributed by atoms with van der Waals surface area (Å²) in [6, 6.07) is 38.9. The van der Waals surface area contributed by atoms with Crippen molar-refractivity contribution < 1.29 is 9.05 Å². The molecule has 0 saturated carbocycles. The van der Waals surface area contributed by atoms with Gasteiger partial charge in [0.2, 0.25) is 0 Å². The summed E-state index contributed by atoms with van der Waals surface area (Å²) < 4.78 is 13.0. The second-order valence-electron chi connectivity index (χ2n) is 6.73. The summed E-state index contributed by atoms with van der Waals surface area (Å²) in [7, 11) is -1.35. The van der Waals surface area contributed by atoms with Gasteiger partial charge in [0.1, 0.15) is 11.5 Å². The van der Waals surface area contributed by atoms with E-state index in [2.05, 4.69) is 48.5 Å². The Balaban J connectivity index is 1.57. The van der Waals surface area contributed by atoms with E-state index in [1.54, 1.807) is 0 Å². The fourth-order valence-electron chi connectivity index (χ4n) is 3.40. The molecule has 5 rings (SSSR count). The molecule has 3 heteroatoms. The lowest BCUT2D eigenvalue weighted by molar-refractivity contribution is 0.508. The summed E-state index contributed by atoms with van der Waals surface area (Å²) in [6.07, 6.45) is 0. The summed E-state index contributed by atoms with van der Waals surface area (Å²) in [5, 5.41) is 5.50. The Bertz CT molecular complexity index is 1180. The predicted octanol–water partition coefficient (Wildman–Crippen LogP) is 7.09. The first-order valence-electron chi connectivity index (χ1n) is 9.55. The standard InChI is InChI=1S/C26H19O2P/c1-2-14-22(15-3-1)29(27-25-18-8-12-20-10-4-6-16-23(20)25)28-26-19-9-13-21-11-5-7-17-24(21)26/h1-19H. The Kier molecular flexibility index (Phi) is 4.86. The van der Waals surface area contributed by atoms with Crippen LogP contribution in [-0.4, -0.2) is 0 Å². The highest BCUT2D eigenvalue weighted by atomic mass is 31.2. The zero-order valence-electron chi connectivity index (χ0n) is 15.7. The van der Waals surface area contributed by atoms with Crippen LogP contribution < -0.4 is 14.4 Å². The van der Waals surface area contributed by atoms with E-state index < -0.39 is 8.38 Å². The molecule has 0 amide bonds. The third-order valence-electron chi connectivity index (χ3n) is 4.83. The lowest BCUT2D eigenvalue weighted by Gasteiger charge is -2.20. The van der Waals surface area contributed by atoms with Crippen LogP contribution in [0, 0.1) is 0 Å². The molecular formula is C26H19O2P. The number of fused-ring (bicyclic) bond motifs is 2. The first-order valence-corrected chi connectivity index (χ1v) is 10.7. The first-order chi connectivity index (χ1) is 14.4. The Morgan fingerprint density at radius 2 is 0.862 bits per heavy atom. The van der Waals surface area contributed by atoms with Crippen LogP contribution in [0.1, 0.15) is 0 Å². The molecule has 0 fully saturated rings. The maximum Gasteiger partial charge on any atom is 0.326 e. The Hall–Kier alpha value is -3.35. The molecule has 0 unspecified atom stereocenters. The van der Waals surface area contributed by atoms with Crippen LogP contribution in [0.4, 0.5) is 0 Å². The van der Waals surface area contributed by atoms with Gasteiger partial charge >= 0.3 is 8.38 Å². The SMILES string of the molecule is c1ccc(P(Oc2cccc3ccccc23)Oc2cccc3ccccc23)cc1. The minimum Gasteiger partial charge on any atom is -0.435 e. The molecule has 0 heterocycles. The average molecular weight is 394 g/mol. The monoisotopic (exact) mass is 394 g/mol. The number of hydrogen-bond donors (Lipinski definition) is 0. The lowest BCUT2D eigenvalue weighted by atomic mass is 10.1. The second-order valence-corrected chi connectivity index (χ2v) is 8.13. The summed E-state index contributed by atoms with van der Waals surface area (Å²) in [5.74, 6) is 1.66. The molecule has 29 heavy (non-hydrogen) atoms. The molecule has 0 aliphatic carbocycles. The van der Waals surface area contributed by atoms with Crippen LogP contribution in [-0.2, 0) is 0 Å². The second kappa shape index (κ2) is 7.95. The molecule has 0 bridgehead atoms. The molecule has 0 aliphatic rings. The van der Waals surface area contributed by atoms with E-state index in [0.717, 1.165) is 38.3 Å². The number of rotatable bonds is 5. The third-order valence-corrected chi connectivity index (χ3v) is 6.27. The Morgan fingerprint density at radius 1 is 0.414 bits per heavy atom. The van der Waals surface area contributed by atoms with E-state index in [1.807, 2.05) is 66.7 Å². The van der Waals surface area contributed by atoms with Gasteiger partial charge < -0.3 is 9.05 Å². The highest BCUT2D eigenvalue weighted by molar-refractivity contribution is 7.56. The smallest absolute Gasteiger partial charge is 0.326 e. The summed E-state index contributed by atoms with van der Waals surface area (Å²) in [5.41, 5.74) is 0. The lowest BCUT2D eigenvalue weighted by Crippen LogP contribution is -2.10. The summed E-state index contributed by atoms with van der Waals surface area (Å²) in [6.45, 7) is 0. The maximum absolute atomic E-state index is 6.51. The molecule has 0 aromatic heterocycles. The van der Waals surface area contributed by atoms with Gasteiger partial charge in [-0.15, -0.1) is 0 Å². The van der Waals surface area contributed by atoms with Crippen molar-refractivity contribution in [3.8, 4) is 11.5 Å². The molecule has 5 aromatic carbocycles. The molecule has 0 radical (unpaired) electrons. The molecule has 0 spiro atoms. The van der Waals surface area contributed by atoms with Gasteiger partial charge in [0.05, 0.1) is 5.30 Å². The molecule has 5 aromatic rings. The normalized spacial score (nSPS) is 11.1. The van der Waals surface area contributed by atoms with Gasteiger partial charge in [-0.05, 0) is 35.0 Å². The van der Waals surface area contributed by atoms with Crippen molar-refractivity contribution in [1.29, 1.82) is 0 Å². The van der Waals surface area contributed by atoms with Gasteiger partial charge in [0.15, 0.2) is 0 Å². The van der Waals surface area contributed by atoms with E-state index in [9.17, 15) is 0 Å². The number of hydrogen-bond acceptors (Lipinski definition) is 2. The molecule has 0 aliphatic heterocycles. The fourth-order valence-corrected chi connectivity index (χ4v) is 4.74. The van der Waals surface area contributed by atoms with E-state index in [0.29, 0.717) is 0 Å². The molecule has 140 valence electrons. The van der Waals surface area contributed by atoms with Gasteiger partial charge in [0.25, 0.3) is 0 Å². The van der Waals surface area contributed by atoms with Crippen LogP contribution in [0.15, 0.2) is 115 Å². The van der Waals surface area contributed by atoms with Crippen LogP contribution in [0.3, 0.4) is 0 Å². The Labute approximate surface area is 171 Å². The predicted molar refractivity (Wildman–Crippen MR) is 122 cm³/mol. The van der Waals surface area contributed by atoms with Crippen molar-refractivity contribution in [3.63, 3.8) is 0 Å². The zero-order chi connectivity index (χ0) is 19.5. The van der Waals surface area contributed by atoms with Crippen molar-refractivity contribution in [3.05, 3.63) is 115 Å². The van der Waals surface area contributed by atoms with Crippen LogP contribution in [0.25, 0.3) is 21.5 Å². The summed E-state index contributed by atoms with van der Waals surface area (Å²) >= 11 is 0. The summed E-state index contributed by atoms with van der Waals surface area (Å²) in [4.78, 5) is 0. The molecule has 0 N–H and O–H groups in total. The van der Waals surface area contributed by atoms with E-state index in [-0.39, 0.29) is 0 Å². The highest BCUT2D eigenvalue weighted by Crippen LogP contribution is 2.43. The van der Waals surface area contributed by atoms with Crippen molar-refractivity contribution in [2.45, 2.75) is 0 Å². The number of benzene rings is 5. The van der Waals surface area contributed by atoms with Crippen LogP contribution in [0.5, 0.6) is 11.5 Å². The van der Waals surface area contributed by atoms with Gasteiger partial charge in [-0.3, -0.25) is 0 Å². The fraction of sp³-hybridized carbons (Fsp3) is 0. The minimum absolute atomic E-state index is 0.832. The maximum atomic E-state index is 6.51. The Morgan fingerprint density at radius 3 is 1.41 bits per heavy atom. The van der Waals surface area contributed by atoms with Gasteiger partial charge in [0, 0.05) is 10.8 Å². The molecule has 0 atom stereocenters. The average Bonchev–Trinajstić information content (AvgIpc) is 2.80. The zero-order valence-corrected chi connectivity index (χ0v) is 16.6. The van der Waals surface area contributed by atoms with Crippen LogP contribution in [0.2, 0.25) is 0 Å². The first kappa shape index (κ1) is 17.7. The quantitative estimate of drug-likeness (QED) is 0.296. The van der Waals surface area contributed by atoms with Gasteiger partial charge in [-0.2, -0.15) is 0 Å². The van der Waals surface area contributed by atoms with E-state index in [4.69, 9.17) is 9.05 Å². The topological polar surface area (TPSA) is 18.5 Å². The van der Waals surface area contributed by atoms with E-state index in [1.165, 1.54) is 0 Å². The molecular weight excluding hydrogens is 375 g/mol.